The van der Waals surface area contributed by atoms with E-state index in [1.165, 1.54) is 10.8 Å². The van der Waals surface area contributed by atoms with E-state index >= 15 is 0 Å². The van der Waals surface area contributed by atoms with Crippen LogP contribution < -0.4 is 11.2 Å². The summed E-state index contributed by atoms with van der Waals surface area (Å²) in [6.07, 6.45) is 0. The van der Waals surface area contributed by atoms with Crippen molar-refractivity contribution in [2.45, 2.75) is 6.92 Å². The number of rotatable bonds is 2. The second-order valence-electron chi connectivity index (χ2n) is 3.98. The third-order valence-electron chi connectivity index (χ3n) is 2.75. The molecule has 4 nitrogen and oxygen atoms in total. The summed E-state index contributed by atoms with van der Waals surface area (Å²) in [6, 6.07) is 14.5. The summed E-state index contributed by atoms with van der Waals surface area (Å²) in [5, 5.41) is 6.60. The fourth-order valence-corrected chi connectivity index (χ4v) is 1.67. The highest BCUT2D eigenvalue weighted by Gasteiger charge is 1.99. The smallest absolute Gasteiger partial charge is 0.209 e. The maximum absolute atomic E-state index is 5.52. The minimum atomic E-state index is 0.301. The summed E-state index contributed by atoms with van der Waals surface area (Å²) in [5.74, 6) is 0.301. The minimum absolute atomic E-state index is 0.301. The molecule has 0 saturated carbocycles. The van der Waals surface area contributed by atoms with Crippen LogP contribution in [0.2, 0.25) is 0 Å². The molecular weight excluding hydrogens is 224 g/mol. The molecule has 0 aliphatic rings. The maximum atomic E-state index is 5.52. The molecule has 92 valence electrons. The molecule has 2 rings (SSSR count). The van der Waals surface area contributed by atoms with Crippen LogP contribution in [-0.2, 0) is 0 Å². The maximum Gasteiger partial charge on any atom is 0.209 e. The number of hydrogen-bond acceptors (Lipinski definition) is 2. The molecule has 0 aliphatic carbocycles. The highest BCUT2D eigenvalue weighted by Crippen LogP contribution is 2.15. The van der Waals surface area contributed by atoms with Gasteiger partial charge in [-0.3, -0.25) is 4.99 Å². The zero-order valence-electron chi connectivity index (χ0n) is 10.5. The predicted molar refractivity (Wildman–Crippen MR) is 76.8 cm³/mol. The Bertz CT molecular complexity index is 614. The van der Waals surface area contributed by atoms with E-state index < -0.39 is 0 Å². The first kappa shape index (κ1) is 12.1. The second-order valence-corrected chi connectivity index (χ2v) is 3.98. The van der Waals surface area contributed by atoms with Crippen LogP contribution in [0.4, 0.5) is 0 Å². The lowest BCUT2D eigenvalue weighted by molar-refractivity contribution is 0.997. The van der Waals surface area contributed by atoms with Crippen molar-refractivity contribution in [2.75, 3.05) is 7.05 Å². The van der Waals surface area contributed by atoms with Crippen molar-refractivity contribution < 1.29 is 0 Å². The number of guanidine groups is 1. The van der Waals surface area contributed by atoms with Crippen molar-refractivity contribution >= 4 is 22.4 Å². The van der Waals surface area contributed by atoms with Crippen LogP contribution in [0.15, 0.2) is 52.6 Å². The molecule has 0 aromatic heterocycles. The number of nitrogens with one attached hydrogen (secondary N) is 1. The fraction of sp³-hybridized carbons (Fsp3) is 0.143. The lowest BCUT2D eigenvalue weighted by atomic mass is 10.0. The van der Waals surface area contributed by atoms with E-state index in [1.807, 2.05) is 25.1 Å². The number of hydrogen-bond donors (Lipinski definition) is 2. The van der Waals surface area contributed by atoms with Crippen molar-refractivity contribution in [3.8, 4) is 0 Å². The van der Waals surface area contributed by atoms with Gasteiger partial charge in [0.2, 0.25) is 5.96 Å². The molecule has 0 radical (unpaired) electrons. The van der Waals surface area contributed by atoms with E-state index in [1.54, 1.807) is 7.05 Å². The average molecular weight is 240 g/mol. The Morgan fingerprint density at radius 1 is 1.11 bits per heavy atom. The quantitative estimate of drug-likeness (QED) is 0.479. The molecule has 3 N–H and O–H groups in total. The Labute approximate surface area is 106 Å². The molecule has 0 unspecified atom stereocenters. The third kappa shape index (κ3) is 2.66. The van der Waals surface area contributed by atoms with Gasteiger partial charge in [-0.05, 0) is 29.3 Å². The normalized spacial score (nSPS) is 12.8. The van der Waals surface area contributed by atoms with Crippen molar-refractivity contribution in [2.24, 2.45) is 15.8 Å². The van der Waals surface area contributed by atoms with Crippen molar-refractivity contribution in [3.05, 3.63) is 48.0 Å². The Morgan fingerprint density at radius 3 is 2.56 bits per heavy atom. The van der Waals surface area contributed by atoms with E-state index in [0.717, 1.165) is 11.3 Å². The minimum Gasteiger partial charge on any atom is -0.369 e. The average Bonchev–Trinajstić information content (AvgIpc) is 2.43. The van der Waals surface area contributed by atoms with Crippen LogP contribution in [0.1, 0.15) is 12.5 Å². The first-order chi connectivity index (χ1) is 8.70. The largest absolute Gasteiger partial charge is 0.369 e. The van der Waals surface area contributed by atoms with Gasteiger partial charge in [0.1, 0.15) is 0 Å². The van der Waals surface area contributed by atoms with Crippen LogP contribution in [0.5, 0.6) is 0 Å². The number of hydrazone groups is 1. The van der Waals surface area contributed by atoms with Crippen molar-refractivity contribution in [1.29, 1.82) is 0 Å². The topological polar surface area (TPSA) is 62.8 Å². The molecule has 2 aromatic carbocycles. The van der Waals surface area contributed by atoms with Crippen LogP contribution in [0.25, 0.3) is 10.8 Å². The Morgan fingerprint density at radius 2 is 1.83 bits per heavy atom. The Hall–Kier alpha value is -2.36. The highest BCUT2D eigenvalue weighted by atomic mass is 15.4. The molecule has 0 heterocycles. The van der Waals surface area contributed by atoms with Crippen LogP contribution in [0.3, 0.4) is 0 Å². The van der Waals surface area contributed by atoms with Gasteiger partial charge in [-0.15, -0.1) is 0 Å². The van der Waals surface area contributed by atoms with E-state index in [9.17, 15) is 0 Å². The van der Waals surface area contributed by atoms with Crippen LogP contribution >= 0.6 is 0 Å². The van der Waals surface area contributed by atoms with Gasteiger partial charge in [0, 0.05) is 7.05 Å². The number of nitrogens with zero attached hydrogens (tertiary/aromatic N) is 2. The van der Waals surface area contributed by atoms with Gasteiger partial charge in [0.25, 0.3) is 0 Å². The van der Waals surface area contributed by atoms with Gasteiger partial charge in [0.05, 0.1) is 5.71 Å². The highest BCUT2D eigenvalue weighted by molar-refractivity contribution is 6.02. The number of aliphatic imine (C=N–C) groups is 1. The molecule has 2 aromatic rings. The molecule has 4 heteroatoms. The summed E-state index contributed by atoms with van der Waals surface area (Å²) < 4.78 is 0. The standard InChI is InChI=1S/C14H16N4/c1-10(17-18-14(15)16-2)12-8-7-11-5-3-4-6-13(11)9-12/h3-9H,1-2H3,(H3,15,16,18). The molecule has 0 bridgehead atoms. The zero-order chi connectivity index (χ0) is 13.0. The Kier molecular flexibility index (Phi) is 3.57. The zero-order valence-corrected chi connectivity index (χ0v) is 10.5. The van der Waals surface area contributed by atoms with E-state index in [0.29, 0.717) is 5.96 Å². The summed E-state index contributed by atoms with van der Waals surface area (Å²) in [7, 11) is 1.61. The molecule has 0 atom stereocenters. The molecule has 0 saturated heterocycles. The number of fused-ring (bicyclic) bond motifs is 1. The predicted octanol–water partition coefficient (Wildman–Crippen LogP) is 2.10. The second kappa shape index (κ2) is 5.31. The fourth-order valence-electron chi connectivity index (χ4n) is 1.67. The molecule has 0 aliphatic heterocycles. The molecule has 18 heavy (non-hydrogen) atoms. The molecule has 0 spiro atoms. The molecular formula is C14H16N4. The molecule has 0 amide bonds. The Balaban J connectivity index is 2.30. The summed E-state index contributed by atoms with van der Waals surface area (Å²) >= 11 is 0. The monoisotopic (exact) mass is 240 g/mol. The van der Waals surface area contributed by atoms with Gasteiger partial charge < -0.3 is 5.73 Å². The van der Waals surface area contributed by atoms with Crippen LogP contribution in [-0.4, -0.2) is 18.7 Å². The van der Waals surface area contributed by atoms with Gasteiger partial charge in [-0.25, -0.2) is 5.43 Å². The summed E-state index contributed by atoms with van der Waals surface area (Å²) in [4.78, 5) is 3.78. The first-order valence-corrected chi connectivity index (χ1v) is 5.72. The van der Waals surface area contributed by atoms with Crippen molar-refractivity contribution in [1.82, 2.24) is 5.43 Å². The van der Waals surface area contributed by atoms with Gasteiger partial charge in [-0.1, -0.05) is 36.4 Å². The summed E-state index contributed by atoms with van der Waals surface area (Å²) in [6.45, 7) is 1.93. The van der Waals surface area contributed by atoms with Gasteiger partial charge in [-0.2, -0.15) is 5.10 Å². The van der Waals surface area contributed by atoms with E-state index in [4.69, 9.17) is 5.73 Å². The lowest BCUT2D eigenvalue weighted by Gasteiger charge is -2.04. The SMILES string of the molecule is CN=C(N)NN=C(C)c1ccc2ccccc2c1. The number of benzene rings is 2. The third-order valence-corrected chi connectivity index (χ3v) is 2.75. The number of nitrogens with two attached hydrogens (primary N) is 1. The van der Waals surface area contributed by atoms with E-state index in [2.05, 4.69) is 39.8 Å². The molecule has 0 fully saturated rings. The van der Waals surface area contributed by atoms with E-state index in [-0.39, 0.29) is 0 Å². The van der Waals surface area contributed by atoms with Crippen LogP contribution in [0, 0.1) is 0 Å². The van der Waals surface area contributed by atoms with Gasteiger partial charge >= 0.3 is 0 Å². The van der Waals surface area contributed by atoms with Gasteiger partial charge in [0.15, 0.2) is 0 Å². The first-order valence-electron chi connectivity index (χ1n) is 5.72. The van der Waals surface area contributed by atoms with Crippen molar-refractivity contribution in [3.63, 3.8) is 0 Å². The summed E-state index contributed by atoms with van der Waals surface area (Å²) in [5.41, 5.74) is 10.1. The lowest BCUT2D eigenvalue weighted by Crippen LogP contribution is -2.27.